The number of methoxy groups -OCH3 is 1. The van der Waals surface area contributed by atoms with Crippen molar-refractivity contribution >= 4 is 8.32 Å². The molecule has 2 aliphatic rings. The van der Waals surface area contributed by atoms with Gasteiger partial charge >= 0.3 is 0 Å². The van der Waals surface area contributed by atoms with E-state index in [2.05, 4.69) is 41.5 Å². The number of aliphatic hydroxyl groups excluding tert-OH is 1. The Bertz CT molecular complexity index is 653. The highest BCUT2D eigenvalue weighted by atomic mass is 28.4. The third kappa shape index (κ3) is 3.11. The summed E-state index contributed by atoms with van der Waals surface area (Å²) in [6.45, 7) is 14.0. The van der Waals surface area contributed by atoms with Crippen molar-refractivity contribution in [1.82, 2.24) is 0 Å². The maximum Gasteiger partial charge on any atom is 0.266 e. The molecule has 5 nitrogen and oxygen atoms in total. The van der Waals surface area contributed by atoms with Crippen molar-refractivity contribution in [3.63, 3.8) is 0 Å². The quantitative estimate of drug-likeness (QED) is 0.703. The van der Waals surface area contributed by atoms with Crippen molar-refractivity contribution in [2.45, 2.75) is 82.6 Å². The molecule has 3 atom stereocenters. The number of rotatable bonds is 6. The lowest BCUT2D eigenvalue weighted by Gasteiger charge is -2.46. The van der Waals surface area contributed by atoms with Crippen LogP contribution >= 0.6 is 0 Å². The Labute approximate surface area is 164 Å². The molecule has 1 fully saturated rings. The molecule has 1 saturated heterocycles. The first-order chi connectivity index (χ1) is 12.7. The van der Waals surface area contributed by atoms with Gasteiger partial charge < -0.3 is 23.7 Å². The highest BCUT2D eigenvalue weighted by Gasteiger charge is 2.61. The molecule has 0 aliphatic carbocycles. The molecule has 2 aliphatic heterocycles. The third-order valence-corrected chi connectivity index (χ3v) is 12.4. The SMILES string of the molecule is COc1ccc2c(c1)[C@@H](O[Si](C(C)C)(C(C)C)C(C)C)[C@]1(OCC[C@H]1O)O2. The van der Waals surface area contributed by atoms with E-state index < -0.39 is 26.3 Å². The molecule has 0 saturated carbocycles. The molecular formula is C21H34O5Si. The summed E-state index contributed by atoms with van der Waals surface area (Å²) < 4.78 is 24.8. The second-order valence-electron chi connectivity index (χ2n) is 8.70. The smallest absolute Gasteiger partial charge is 0.266 e. The van der Waals surface area contributed by atoms with Gasteiger partial charge in [0.05, 0.1) is 13.7 Å². The molecule has 152 valence electrons. The van der Waals surface area contributed by atoms with Gasteiger partial charge in [-0.3, -0.25) is 0 Å². The zero-order valence-corrected chi connectivity index (χ0v) is 18.6. The largest absolute Gasteiger partial charge is 0.497 e. The lowest BCUT2D eigenvalue weighted by atomic mass is 9.99. The standard InChI is InChI=1S/C21H34O5Si/c1-13(2)27(14(3)4,15(5)6)26-20-17-12-16(23-7)8-9-18(17)25-21(20)19(22)10-11-24-21/h8-9,12-15,19-20,22H,10-11H2,1-7H3/t19-,20-,21-/m1/s1. The van der Waals surface area contributed by atoms with Crippen molar-refractivity contribution < 1.29 is 23.7 Å². The molecule has 27 heavy (non-hydrogen) atoms. The van der Waals surface area contributed by atoms with Gasteiger partial charge in [-0.05, 0) is 34.8 Å². The molecule has 0 amide bonds. The highest BCUT2D eigenvalue weighted by molar-refractivity contribution is 6.77. The Hall–Kier alpha value is -1.08. The Morgan fingerprint density at radius 2 is 1.74 bits per heavy atom. The Morgan fingerprint density at radius 3 is 2.22 bits per heavy atom. The van der Waals surface area contributed by atoms with Crippen LogP contribution in [0.15, 0.2) is 18.2 Å². The minimum absolute atomic E-state index is 0.419. The third-order valence-electron chi connectivity index (χ3n) is 6.35. The summed E-state index contributed by atoms with van der Waals surface area (Å²) in [6, 6.07) is 5.72. The maximum atomic E-state index is 10.8. The lowest BCUT2D eigenvalue weighted by Crippen LogP contribution is -2.55. The molecule has 0 radical (unpaired) electrons. The van der Waals surface area contributed by atoms with Crippen LogP contribution in [0.3, 0.4) is 0 Å². The van der Waals surface area contributed by atoms with Crippen LogP contribution in [0.25, 0.3) is 0 Å². The number of ether oxygens (including phenoxy) is 3. The minimum Gasteiger partial charge on any atom is -0.497 e. The van der Waals surface area contributed by atoms with E-state index >= 15 is 0 Å². The minimum atomic E-state index is -2.22. The van der Waals surface area contributed by atoms with E-state index in [0.29, 0.717) is 35.4 Å². The molecule has 1 N–H and O–H groups in total. The summed E-state index contributed by atoms with van der Waals surface area (Å²) in [6.07, 6.45) is -0.636. The van der Waals surface area contributed by atoms with E-state index in [1.807, 2.05) is 18.2 Å². The van der Waals surface area contributed by atoms with Crippen molar-refractivity contribution in [1.29, 1.82) is 0 Å². The van der Waals surface area contributed by atoms with Gasteiger partial charge in [-0.1, -0.05) is 41.5 Å². The predicted octanol–water partition coefficient (Wildman–Crippen LogP) is 4.80. The number of fused-ring (bicyclic) bond motifs is 1. The first kappa shape index (κ1) is 20.6. The fraction of sp³-hybridized carbons (Fsp3) is 0.714. The highest BCUT2D eigenvalue weighted by Crippen LogP contribution is 2.55. The second-order valence-corrected chi connectivity index (χ2v) is 14.1. The topological polar surface area (TPSA) is 57.2 Å². The van der Waals surface area contributed by atoms with E-state index in [1.165, 1.54) is 0 Å². The van der Waals surface area contributed by atoms with E-state index in [4.69, 9.17) is 18.6 Å². The van der Waals surface area contributed by atoms with Crippen molar-refractivity contribution in [2.75, 3.05) is 13.7 Å². The van der Waals surface area contributed by atoms with Crippen LogP contribution < -0.4 is 9.47 Å². The lowest BCUT2D eigenvalue weighted by molar-refractivity contribution is -0.230. The molecule has 2 heterocycles. The normalized spacial score (nSPS) is 27.7. The van der Waals surface area contributed by atoms with E-state index in [9.17, 15) is 5.11 Å². The van der Waals surface area contributed by atoms with Crippen LogP contribution in [0, 0.1) is 0 Å². The summed E-state index contributed by atoms with van der Waals surface area (Å²) in [7, 11) is -0.572. The van der Waals surface area contributed by atoms with Crippen LogP contribution in [0.2, 0.25) is 16.6 Å². The summed E-state index contributed by atoms with van der Waals surface area (Å²) in [5.74, 6) is 0.299. The van der Waals surface area contributed by atoms with Gasteiger partial charge in [0.2, 0.25) is 8.32 Å². The average molecular weight is 395 g/mol. The van der Waals surface area contributed by atoms with Crippen molar-refractivity contribution in [2.24, 2.45) is 0 Å². The number of hydrogen-bond donors (Lipinski definition) is 1. The first-order valence-corrected chi connectivity index (χ1v) is 12.2. The summed E-state index contributed by atoms with van der Waals surface area (Å²) in [5.41, 5.74) is 2.17. The average Bonchev–Trinajstić information content (AvgIpc) is 3.11. The monoisotopic (exact) mass is 394 g/mol. The fourth-order valence-corrected chi connectivity index (χ4v) is 10.6. The van der Waals surface area contributed by atoms with E-state index in [1.54, 1.807) is 7.11 Å². The van der Waals surface area contributed by atoms with Gasteiger partial charge in [0, 0.05) is 12.0 Å². The summed E-state index contributed by atoms with van der Waals surface area (Å²) in [5, 5.41) is 10.8. The Kier molecular flexibility index (Phi) is 5.65. The Balaban J connectivity index is 2.12. The number of benzene rings is 1. The Morgan fingerprint density at radius 1 is 1.11 bits per heavy atom. The molecule has 1 spiro atoms. The summed E-state index contributed by atoms with van der Waals surface area (Å²) >= 11 is 0. The zero-order valence-electron chi connectivity index (χ0n) is 17.6. The molecule has 0 bridgehead atoms. The molecular weight excluding hydrogens is 360 g/mol. The van der Waals surface area contributed by atoms with Gasteiger partial charge in [-0.25, -0.2) is 0 Å². The maximum absolute atomic E-state index is 10.8. The number of hydrogen-bond acceptors (Lipinski definition) is 5. The van der Waals surface area contributed by atoms with E-state index in [-0.39, 0.29) is 0 Å². The molecule has 6 heteroatoms. The number of aliphatic hydroxyl groups is 1. The summed E-state index contributed by atoms with van der Waals surface area (Å²) in [4.78, 5) is 0. The fourth-order valence-electron chi connectivity index (χ4n) is 5.13. The molecule has 1 aromatic carbocycles. The first-order valence-electron chi connectivity index (χ1n) is 10.1. The van der Waals surface area contributed by atoms with Crippen LogP contribution in [-0.2, 0) is 9.16 Å². The zero-order chi connectivity index (χ0) is 20.0. The second kappa shape index (κ2) is 7.39. The van der Waals surface area contributed by atoms with Gasteiger partial charge in [0.15, 0.2) is 0 Å². The van der Waals surface area contributed by atoms with Gasteiger partial charge in [0.25, 0.3) is 5.79 Å². The van der Waals surface area contributed by atoms with E-state index in [0.717, 1.165) is 11.3 Å². The van der Waals surface area contributed by atoms with Crippen LogP contribution in [0.1, 0.15) is 59.6 Å². The molecule has 1 aromatic rings. The molecule has 3 rings (SSSR count). The van der Waals surface area contributed by atoms with Gasteiger partial charge in [-0.15, -0.1) is 0 Å². The van der Waals surface area contributed by atoms with Crippen molar-refractivity contribution in [3.05, 3.63) is 23.8 Å². The predicted molar refractivity (Wildman–Crippen MR) is 108 cm³/mol. The molecule has 0 unspecified atom stereocenters. The van der Waals surface area contributed by atoms with Crippen LogP contribution in [0.4, 0.5) is 0 Å². The molecule has 0 aromatic heterocycles. The van der Waals surface area contributed by atoms with Gasteiger partial charge in [0.1, 0.15) is 23.7 Å². The van der Waals surface area contributed by atoms with Crippen LogP contribution in [-0.4, -0.2) is 39.0 Å². The van der Waals surface area contributed by atoms with Crippen molar-refractivity contribution in [3.8, 4) is 11.5 Å². The van der Waals surface area contributed by atoms with Crippen LogP contribution in [0.5, 0.6) is 11.5 Å². The van der Waals surface area contributed by atoms with Gasteiger partial charge in [-0.2, -0.15) is 0 Å².